The number of thiophene rings is 2. The summed E-state index contributed by atoms with van der Waals surface area (Å²) in [5.41, 5.74) is 5.93. The maximum atomic E-state index is 2.35. The number of anilines is 3. The molecule has 39 heavy (non-hydrogen) atoms. The Morgan fingerprint density at radius 3 is 1.51 bits per heavy atom. The average Bonchev–Trinajstić information content (AvgIpc) is 3.56. The average molecular weight is 534 g/mol. The summed E-state index contributed by atoms with van der Waals surface area (Å²) in [4.78, 5) is 2.35. The molecule has 1 nitrogen and oxygen atoms in total. The van der Waals surface area contributed by atoms with E-state index in [1.807, 2.05) is 22.7 Å². The lowest BCUT2D eigenvalue weighted by molar-refractivity contribution is 1.29. The molecule has 0 amide bonds. The van der Waals surface area contributed by atoms with Gasteiger partial charge >= 0.3 is 0 Å². The Morgan fingerprint density at radius 1 is 0.333 bits per heavy atom. The highest BCUT2D eigenvalue weighted by Crippen LogP contribution is 2.41. The van der Waals surface area contributed by atoms with E-state index in [9.17, 15) is 0 Å². The first kappa shape index (κ1) is 22.5. The minimum absolute atomic E-state index is 1.14. The van der Waals surface area contributed by atoms with Crippen LogP contribution in [0.3, 0.4) is 0 Å². The molecule has 8 rings (SSSR count). The van der Waals surface area contributed by atoms with Gasteiger partial charge in [0.2, 0.25) is 0 Å². The largest absolute Gasteiger partial charge is 0.310 e. The summed E-state index contributed by atoms with van der Waals surface area (Å²) < 4.78 is 5.33. The van der Waals surface area contributed by atoms with Gasteiger partial charge in [-0.25, -0.2) is 0 Å². The molecule has 0 aliphatic heterocycles. The van der Waals surface area contributed by atoms with E-state index in [0.29, 0.717) is 0 Å². The van der Waals surface area contributed by atoms with Gasteiger partial charge in [0, 0.05) is 57.4 Å². The van der Waals surface area contributed by atoms with E-state index >= 15 is 0 Å². The van der Waals surface area contributed by atoms with E-state index in [4.69, 9.17) is 0 Å². The van der Waals surface area contributed by atoms with Crippen LogP contribution in [-0.2, 0) is 0 Å². The third-order valence-electron chi connectivity index (χ3n) is 7.47. The second-order valence-electron chi connectivity index (χ2n) is 9.81. The number of para-hydroxylation sites is 1. The summed E-state index contributed by atoms with van der Waals surface area (Å²) in [5.74, 6) is 0. The standard InChI is InChI=1S/C36H23NS2/c1-2-8-26(9-3-1)37(28-19-21-36-32(23-28)30-11-5-7-13-34(30)39-36)27-17-14-24(15-18-27)25-16-20-35-31(22-25)29-10-4-6-12-33(29)38-35/h1-23H. The molecular weight excluding hydrogens is 511 g/mol. The Labute approximate surface area is 234 Å². The minimum atomic E-state index is 1.14. The molecule has 0 saturated heterocycles. The van der Waals surface area contributed by atoms with Crippen LogP contribution < -0.4 is 4.90 Å². The van der Waals surface area contributed by atoms with Crippen molar-refractivity contribution in [1.29, 1.82) is 0 Å². The first-order valence-corrected chi connectivity index (χ1v) is 14.7. The molecule has 0 saturated carbocycles. The normalized spacial score (nSPS) is 11.6. The number of hydrogen-bond acceptors (Lipinski definition) is 3. The third-order valence-corrected chi connectivity index (χ3v) is 9.77. The molecule has 184 valence electrons. The van der Waals surface area contributed by atoms with E-state index in [-0.39, 0.29) is 0 Å². The van der Waals surface area contributed by atoms with Crippen molar-refractivity contribution in [2.75, 3.05) is 4.90 Å². The molecule has 0 bridgehead atoms. The van der Waals surface area contributed by atoms with E-state index in [1.165, 1.54) is 51.5 Å². The predicted molar refractivity (Wildman–Crippen MR) is 172 cm³/mol. The van der Waals surface area contributed by atoms with Crippen molar-refractivity contribution in [2.24, 2.45) is 0 Å². The van der Waals surface area contributed by atoms with Gasteiger partial charge in [-0.3, -0.25) is 0 Å². The summed E-state index contributed by atoms with van der Waals surface area (Å²) in [6, 6.07) is 50.7. The molecule has 0 N–H and O–H groups in total. The SMILES string of the molecule is c1ccc(N(c2ccc(-c3ccc4sc5ccccc5c4c3)cc2)c2ccc3sc4ccccc4c3c2)cc1. The van der Waals surface area contributed by atoms with Crippen LogP contribution in [0, 0.1) is 0 Å². The van der Waals surface area contributed by atoms with Crippen LogP contribution in [0.15, 0.2) is 140 Å². The van der Waals surface area contributed by atoms with Crippen molar-refractivity contribution < 1.29 is 0 Å². The van der Waals surface area contributed by atoms with Crippen molar-refractivity contribution in [1.82, 2.24) is 0 Å². The Bertz CT molecular complexity index is 2120. The topological polar surface area (TPSA) is 3.24 Å². The van der Waals surface area contributed by atoms with E-state index in [1.54, 1.807) is 0 Å². The molecule has 2 heterocycles. The van der Waals surface area contributed by atoms with Gasteiger partial charge in [0.25, 0.3) is 0 Å². The van der Waals surface area contributed by atoms with Gasteiger partial charge < -0.3 is 4.90 Å². The fourth-order valence-corrected chi connectivity index (χ4v) is 7.76. The first-order chi connectivity index (χ1) is 19.3. The van der Waals surface area contributed by atoms with Gasteiger partial charge in [-0.15, -0.1) is 22.7 Å². The second-order valence-corrected chi connectivity index (χ2v) is 12.0. The Balaban J connectivity index is 1.23. The lowest BCUT2D eigenvalue weighted by Gasteiger charge is -2.26. The van der Waals surface area contributed by atoms with Crippen LogP contribution in [0.5, 0.6) is 0 Å². The molecule has 0 atom stereocenters. The molecule has 2 aromatic heterocycles. The fraction of sp³-hybridized carbons (Fsp3) is 0. The Hall–Kier alpha value is -4.44. The van der Waals surface area contributed by atoms with Crippen LogP contribution in [-0.4, -0.2) is 0 Å². The lowest BCUT2D eigenvalue weighted by atomic mass is 10.0. The van der Waals surface area contributed by atoms with Crippen LogP contribution >= 0.6 is 22.7 Å². The summed E-state index contributed by atoms with van der Waals surface area (Å²) in [6.45, 7) is 0. The summed E-state index contributed by atoms with van der Waals surface area (Å²) in [6.07, 6.45) is 0. The summed E-state index contributed by atoms with van der Waals surface area (Å²) in [5, 5.41) is 5.29. The van der Waals surface area contributed by atoms with Crippen LogP contribution in [0.25, 0.3) is 51.5 Å². The van der Waals surface area contributed by atoms with Gasteiger partial charge in [-0.05, 0) is 77.9 Å². The van der Waals surface area contributed by atoms with Crippen molar-refractivity contribution in [2.45, 2.75) is 0 Å². The quantitative estimate of drug-likeness (QED) is 0.217. The lowest BCUT2D eigenvalue weighted by Crippen LogP contribution is -2.09. The summed E-state index contributed by atoms with van der Waals surface area (Å²) >= 11 is 3.72. The fourth-order valence-electron chi connectivity index (χ4n) is 5.59. The molecule has 0 spiro atoms. The molecule has 0 aliphatic carbocycles. The maximum Gasteiger partial charge on any atom is 0.0468 e. The van der Waals surface area contributed by atoms with Gasteiger partial charge in [0.15, 0.2) is 0 Å². The monoisotopic (exact) mass is 533 g/mol. The molecular formula is C36H23NS2. The van der Waals surface area contributed by atoms with E-state index in [2.05, 4.69) is 144 Å². The number of rotatable bonds is 4. The van der Waals surface area contributed by atoms with E-state index < -0.39 is 0 Å². The first-order valence-electron chi connectivity index (χ1n) is 13.1. The van der Waals surface area contributed by atoms with Gasteiger partial charge in [0.1, 0.15) is 0 Å². The van der Waals surface area contributed by atoms with Crippen LogP contribution in [0.1, 0.15) is 0 Å². The zero-order valence-corrected chi connectivity index (χ0v) is 22.7. The molecule has 6 aromatic carbocycles. The third kappa shape index (κ3) is 3.82. The Morgan fingerprint density at radius 2 is 0.821 bits per heavy atom. The highest BCUT2D eigenvalue weighted by Gasteiger charge is 2.15. The van der Waals surface area contributed by atoms with Crippen LogP contribution in [0.4, 0.5) is 17.1 Å². The van der Waals surface area contributed by atoms with Crippen molar-refractivity contribution in [3.63, 3.8) is 0 Å². The smallest absolute Gasteiger partial charge is 0.0468 e. The molecule has 0 fully saturated rings. The zero-order chi connectivity index (χ0) is 25.8. The Kier molecular flexibility index (Phi) is 5.25. The van der Waals surface area contributed by atoms with Crippen molar-refractivity contribution in [3.8, 4) is 11.1 Å². The second kappa shape index (κ2) is 9.09. The van der Waals surface area contributed by atoms with Gasteiger partial charge in [-0.2, -0.15) is 0 Å². The van der Waals surface area contributed by atoms with Gasteiger partial charge in [-0.1, -0.05) is 72.8 Å². The highest BCUT2D eigenvalue weighted by molar-refractivity contribution is 7.26. The highest BCUT2D eigenvalue weighted by atomic mass is 32.1. The number of hydrogen-bond donors (Lipinski definition) is 0. The van der Waals surface area contributed by atoms with Crippen LogP contribution in [0.2, 0.25) is 0 Å². The van der Waals surface area contributed by atoms with E-state index in [0.717, 1.165) is 17.1 Å². The predicted octanol–water partition coefficient (Wildman–Crippen LogP) is 11.6. The maximum absolute atomic E-state index is 2.35. The molecule has 3 heteroatoms. The minimum Gasteiger partial charge on any atom is -0.310 e. The molecule has 0 unspecified atom stereocenters. The number of benzene rings is 6. The molecule has 0 radical (unpaired) electrons. The molecule has 8 aromatic rings. The summed E-state index contributed by atoms with van der Waals surface area (Å²) in [7, 11) is 0. The number of fused-ring (bicyclic) bond motifs is 6. The number of nitrogens with zero attached hydrogens (tertiary/aromatic N) is 1. The van der Waals surface area contributed by atoms with Gasteiger partial charge in [0.05, 0.1) is 0 Å². The van der Waals surface area contributed by atoms with Crippen molar-refractivity contribution in [3.05, 3.63) is 140 Å². The molecule has 0 aliphatic rings. The van der Waals surface area contributed by atoms with Crippen molar-refractivity contribution >= 4 is 80.1 Å². The zero-order valence-electron chi connectivity index (χ0n) is 21.0.